The third-order valence-electron chi connectivity index (χ3n) is 23.0. The minimum absolute atomic E-state index is 0.00476. The van der Waals surface area contributed by atoms with Crippen LogP contribution in [0.2, 0.25) is 0 Å². The van der Waals surface area contributed by atoms with Gasteiger partial charge in [0.2, 0.25) is 11.8 Å². The summed E-state index contributed by atoms with van der Waals surface area (Å²) in [6.07, 6.45) is 20.0. The first-order valence-electron chi connectivity index (χ1n) is 48.3. The number of rotatable bonds is 71. The Balaban J connectivity index is 0.000000312. The molecular weight excluding hydrogens is 1850 g/mol. The number of Topliss-reactive ketones (excluding diaryl/α,β-unsaturated/α-hetero) is 6. The SMILES string of the molecule is CC(C)(C)OC(=O)NCCCC[C@@H](NC(=O)c1cccc(-n2cc(CCC(=O)CCOCCOCCOCCOCCCC(=O)CCCC[C@H]3C[C@@H]4NC(=O)C[C@@H]4S3)nn2)c1)C(=O)COc1c(F)cccc1F.NCCCC[C@@H](NC(=O)c1cccc(-n2cc(CCC(=O)CCOCCOCCOCCOCCCC(=O)CCCC[C@H]3C[C@@H]4NC(=O)C[C@@H]4S3)nn2)c1)C(=O)COc1c(F)cccc1F. The summed E-state index contributed by atoms with van der Waals surface area (Å²) in [5, 5.41) is 32.9. The predicted octanol–water partition coefficient (Wildman–Crippen LogP) is 11.7. The van der Waals surface area contributed by atoms with E-state index in [1.165, 1.54) is 21.5 Å². The molecule has 4 aliphatic heterocycles. The van der Waals surface area contributed by atoms with E-state index in [1.807, 2.05) is 23.5 Å². The Bertz CT molecular complexity index is 4770. The van der Waals surface area contributed by atoms with E-state index < -0.39 is 95.1 Å². The van der Waals surface area contributed by atoms with Gasteiger partial charge < -0.3 is 84.4 Å². The number of fused-ring (bicyclic) bond motifs is 2. The number of carbonyl (C=O) groups excluding carboxylic acids is 11. The molecule has 7 N–H and O–H groups in total. The minimum atomic E-state index is -1.09. The maximum Gasteiger partial charge on any atom is 0.407 e. The second kappa shape index (κ2) is 63.0. The van der Waals surface area contributed by atoms with Crippen molar-refractivity contribution in [3.05, 3.63) is 143 Å². The molecule has 0 aliphatic carbocycles. The number of halogens is 4. The van der Waals surface area contributed by atoms with Gasteiger partial charge in [0.1, 0.15) is 41.9 Å². The number of ether oxygens (including phenoxy) is 11. The van der Waals surface area contributed by atoms with Gasteiger partial charge in [-0.3, -0.25) is 47.9 Å². The normalized spacial score (nSPS) is 16.9. The van der Waals surface area contributed by atoms with Crippen molar-refractivity contribution >= 4 is 87.9 Å². The first-order chi connectivity index (χ1) is 67.2. The number of nitrogens with two attached hydrogens (primary N) is 1. The van der Waals surface area contributed by atoms with Gasteiger partial charge in [-0.1, -0.05) is 47.5 Å². The second-order valence-electron chi connectivity index (χ2n) is 35.4. The van der Waals surface area contributed by atoms with Gasteiger partial charge in [0.25, 0.3) is 11.8 Å². The van der Waals surface area contributed by atoms with Crippen LogP contribution in [0.4, 0.5) is 22.4 Å². The fourth-order valence-corrected chi connectivity index (χ4v) is 19.1. The van der Waals surface area contributed by atoms with Gasteiger partial charge in [0.05, 0.1) is 140 Å². The summed E-state index contributed by atoms with van der Waals surface area (Å²) in [4.78, 5) is 138. The van der Waals surface area contributed by atoms with Crippen molar-refractivity contribution in [2.45, 2.75) is 251 Å². The number of aromatic nitrogens is 6. The molecule has 6 aromatic rings. The van der Waals surface area contributed by atoms with Crippen LogP contribution in [0.25, 0.3) is 11.4 Å². The van der Waals surface area contributed by atoms with Crippen LogP contribution in [-0.4, -0.2) is 277 Å². The summed E-state index contributed by atoms with van der Waals surface area (Å²) in [6.45, 7) is 10.9. The van der Waals surface area contributed by atoms with Gasteiger partial charge in [0, 0.05) is 141 Å². The highest BCUT2D eigenvalue weighted by atomic mass is 32.2. The van der Waals surface area contributed by atoms with E-state index in [0.29, 0.717) is 245 Å². The van der Waals surface area contributed by atoms with E-state index in [9.17, 15) is 70.3 Å². The van der Waals surface area contributed by atoms with Crippen molar-refractivity contribution < 1.29 is 122 Å². The lowest BCUT2D eigenvalue weighted by molar-refractivity contribution is -0.123. The minimum Gasteiger partial charge on any atom is -0.480 e. The number of carbonyl (C=O) groups is 11. The van der Waals surface area contributed by atoms with Gasteiger partial charge in [-0.25, -0.2) is 31.7 Å². The molecule has 34 nitrogen and oxygen atoms in total. The van der Waals surface area contributed by atoms with Crippen LogP contribution >= 0.6 is 23.5 Å². The molecule has 0 radical (unpaired) electrons. The van der Waals surface area contributed by atoms with Gasteiger partial charge in [-0.15, -0.1) is 10.2 Å². The third-order valence-corrected chi connectivity index (χ3v) is 26.3. The Morgan fingerprint density at radius 1 is 0.453 bits per heavy atom. The number of ketones is 6. The van der Waals surface area contributed by atoms with Crippen LogP contribution in [0.1, 0.15) is 220 Å². The highest BCUT2D eigenvalue weighted by molar-refractivity contribution is 8.01. The second-order valence-corrected chi connectivity index (χ2v) is 38.4. The maximum absolute atomic E-state index is 14.2. The molecule has 4 aliphatic rings. The number of thioether (sulfide) groups is 2. The van der Waals surface area contributed by atoms with E-state index in [-0.39, 0.29) is 104 Å². The monoisotopic (exact) mass is 1980 g/mol. The summed E-state index contributed by atoms with van der Waals surface area (Å²) in [5.74, 6) is -6.57. The van der Waals surface area contributed by atoms with Crippen molar-refractivity contribution in [3.63, 3.8) is 0 Å². The molecule has 4 saturated heterocycles. The molecule has 40 heteroatoms. The fourth-order valence-electron chi connectivity index (χ4n) is 15.6. The summed E-state index contributed by atoms with van der Waals surface area (Å²) < 4.78 is 119. The lowest BCUT2D eigenvalue weighted by Gasteiger charge is -2.20. The number of aryl methyl sites for hydroxylation is 2. The van der Waals surface area contributed by atoms with Crippen molar-refractivity contribution in [1.29, 1.82) is 0 Å². The van der Waals surface area contributed by atoms with E-state index in [2.05, 4.69) is 47.2 Å². The molecular formula is C99H136F4N12O22S2. The van der Waals surface area contributed by atoms with Crippen LogP contribution < -0.4 is 41.8 Å². The average Bonchev–Trinajstić information content (AvgIpc) is 1.70. The zero-order valence-corrected chi connectivity index (χ0v) is 81.5. The fraction of sp³-hybridized carbons (Fsp3) is 0.606. The molecule has 4 aromatic carbocycles. The Morgan fingerprint density at radius 2 is 0.820 bits per heavy atom. The van der Waals surface area contributed by atoms with Gasteiger partial charge in [0.15, 0.2) is 46.3 Å². The van der Waals surface area contributed by atoms with Gasteiger partial charge in [-0.2, -0.15) is 23.5 Å². The van der Waals surface area contributed by atoms with E-state index in [0.717, 1.165) is 75.6 Å². The molecule has 0 spiro atoms. The summed E-state index contributed by atoms with van der Waals surface area (Å²) in [6, 6.07) is 18.0. The molecule has 0 unspecified atom stereocenters. The van der Waals surface area contributed by atoms with E-state index in [4.69, 9.17) is 57.8 Å². The largest absolute Gasteiger partial charge is 0.480 e. The highest BCUT2D eigenvalue weighted by Crippen LogP contribution is 2.42. The first-order valence-corrected chi connectivity index (χ1v) is 50.2. The van der Waals surface area contributed by atoms with Crippen LogP contribution in [0.5, 0.6) is 11.5 Å². The first kappa shape index (κ1) is 113. The number of nitrogens with one attached hydrogen (secondary N) is 5. The average molecular weight is 1990 g/mol. The number of para-hydroxylation sites is 2. The molecule has 6 heterocycles. The molecule has 8 atom stereocenters. The lowest BCUT2D eigenvalue weighted by atomic mass is 10.0. The number of unbranched alkanes of at least 4 members (excludes halogenated alkanes) is 4. The molecule has 5 amide bonds. The molecule has 2 aromatic heterocycles. The Labute approximate surface area is 817 Å². The lowest BCUT2D eigenvalue weighted by Crippen LogP contribution is -2.43. The number of amides is 5. The smallest absolute Gasteiger partial charge is 0.407 e. The van der Waals surface area contributed by atoms with Crippen LogP contribution in [0.15, 0.2) is 97.3 Å². The number of alkyl carbamates (subject to hydrolysis) is 1. The third kappa shape index (κ3) is 43.5. The summed E-state index contributed by atoms with van der Waals surface area (Å²) >= 11 is 3.88. The topological polar surface area (TPSA) is 437 Å². The van der Waals surface area contributed by atoms with Crippen LogP contribution in [-0.2, 0) is 93.8 Å². The van der Waals surface area contributed by atoms with Gasteiger partial charge >= 0.3 is 6.09 Å². The standard InChI is InChI=1S/C52H72F2N6O12S.C47H64F2N6O10S/c1-52(2,3)72-51(66)55-22-7-6-18-44(46(63)35-71-49-42(53)16-9-17-43(49)54)57-50(65)36-11-8-12-38(31-36)60-34-37(58-59-60)19-20-40(62)21-24-68-26-28-70-30-29-69-27-25-67-23-10-14-39(61)13-4-5-15-41-32-45-47(73-41)33-48(64)56-45;48-39-13-6-14-40(49)46(39)65-32-43(58)41(15-3-4-19-50)52-47(60)33-8-5-9-35(28-33)55-31-34(53-54-55)16-17-37(57)18-21-62-23-25-64-27-26-63-24-22-61-20-7-11-36(56)10-1-2-12-38-29-42-44(66-38)30-45(59)51-42/h8-9,11-12,16-17,31,34,41,44-45,47H,4-7,10,13-15,18-30,32-33,35H2,1-3H3,(H,55,66)(H,56,64)(H,57,65);5-6,8-9,13-14,28,31,38,41-42,44H,1-4,7,10-12,15-27,29-30,32,50H2,(H,51,59)(H,52,60)/t41-,44+,45-,47-;38-,41+,42-,44-/m00/s1. The van der Waals surface area contributed by atoms with E-state index in [1.54, 1.807) is 81.7 Å². The molecule has 764 valence electrons. The van der Waals surface area contributed by atoms with Crippen molar-refractivity contribution in [3.8, 4) is 22.9 Å². The van der Waals surface area contributed by atoms with E-state index >= 15 is 0 Å². The molecule has 0 saturated carbocycles. The predicted molar refractivity (Wildman–Crippen MR) is 510 cm³/mol. The van der Waals surface area contributed by atoms with Crippen molar-refractivity contribution in [2.75, 3.05) is 132 Å². The van der Waals surface area contributed by atoms with Crippen LogP contribution in [0.3, 0.4) is 0 Å². The number of hydrogen-bond donors (Lipinski definition) is 6. The zero-order chi connectivity index (χ0) is 99.4. The Kier molecular flexibility index (Phi) is 51.0. The number of nitrogens with zero attached hydrogens (tertiary/aromatic N) is 6. The van der Waals surface area contributed by atoms with Crippen molar-refractivity contribution in [2.24, 2.45) is 5.73 Å². The summed E-state index contributed by atoms with van der Waals surface area (Å²) in [7, 11) is 0. The Hall–Kier alpha value is -10.0. The number of hydrogen-bond acceptors (Lipinski definition) is 29. The molecule has 4 fully saturated rings. The van der Waals surface area contributed by atoms with Crippen molar-refractivity contribution in [1.82, 2.24) is 56.6 Å². The van der Waals surface area contributed by atoms with Gasteiger partial charge in [-0.05, 0) is 178 Å². The zero-order valence-electron chi connectivity index (χ0n) is 79.9. The maximum atomic E-state index is 14.2. The molecule has 0 bridgehead atoms. The highest BCUT2D eigenvalue weighted by Gasteiger charge is 2.43. The quantitative estimate of drug-likeness (QED) is 0.0153. The summed E-state index contributed by atoms with van der Waals surface area (Å²) in [5.41, 5.74) is 7.56. The molecule has 139 heavy (non-hydrogen) atoms. The Morgan fingerprint density at radius 3 is 1.21 bits per heavy atom. The van der Waals surface area contributed by atoms with Crippen LogP contribution in [0, 0.1) is 23.3 Å². The number of benzene rings is 4. The molecule has 10 rings (SSSR count).